The number of ketones is 1. The van der Waals surface area contributed by atoms with Crippen molar-refractivity contribution in [1.29, 1.82) is 0 Å². The molecule has 0 radical (unpaired) electrons. The number of nitrogens with two attached hydrogens (primary N) is 1. The van der Waals surface area contributed by atoms with E-state index in [4.69, 9.17) is 15.2 Å². The molecule has 26 heavy (non-hydrogen) atoms. The number of nitrogens with zero attached hydrogens (tertiary/aromatic N) is 1. The Kier molecular flexibility index (Phi) is 5.58. The fourth-order valence-corrected chi connectivity index (χ4v) is 4.35. The van der Waals surface area contributed by atoms with E-state index in [0.29, 0.717) is 54.5 Å². The molecule has 0 atom stereocenters. The zero-order valence-corrected chi connectivity index (χ0v) is 15.7. The molecule has 1 aliphatic rings. The minimum absolute atomic E-state index is 0.0149. The fourth-order valence-electron chi connectivity index (χ4n) is 3.20. The first-order valence-corrected chi connectivity index (χ1v) is 9.32. The first-order valence-electron chi connectivity index (χ1n) is 8.50. The van der Waals surface area contributed by atoms with Crippen LogP contribution in [0.4, 0.5) is 5.00 Å². The summed E-state index contributed by atoms with van der Waals surface area (Å²) in [5.41, 5.74) is 8.09. The standard InChI is InChI=1S/C19H22N2O4S/c1-3-25-19(23)17-13-8-9-21(11-16(13)26-18(17)20)10-14(22)12-6-4-5-7-15(12)24-2/h4-7H,3,8-11,20H2,1-2H3. The van der Waals surface area contributed by atoms with Gasteiger partial charge in [-0.15, -0.1) is 11.3 Å². The number of fused-ring (bicyclic) bond motifs is 1. The maximum atomic E-state index is 12.7. The molecule has 0 unspecified atom stereocenters. The van der Waals surface area contributed by atoms with Crippen molar-refractivity contribution in [2.75, 3.05) is 32.5 Å². The summed E-state index contributed by atoms with van der Waals surface area (Å²) in [6, 6.07) is 7.23. The Morgan fingerprint density at radius 1 is 1.31 bits per heavy atom. The lowest BCUT2D eigenvalue weighted by Crippen LogP contribution is -2.34. The largest absolute Gasteiger partial charge is 0.496 e. The van der Waals surface area contributed by atoms with Gasteiger partial charge >= 0.3 is 5.97 Å². The Hall–Kier alpha value is -2.38. The van der Waals surface area contributed by atoms with E-state index < -0.39 is 0 Å². The van der Waals surface area contributed by atoms with Crippen LogP contribution in [0.3, 0.4) is 0 Å². The van der Waals surface area contributed by atoms with Crippen molar-refractivity contribution >= 4 is 28.1 Å². The monoisotopic (exact) mass is 374 g/mol. The molecule has 0 aliphatic carbocycles. The quantitative estimate of drug-likeness (QED) is 0.618. The molecule has 3 rings (SSSR count). The number of hydrogen-bond acceptors (Lipinski definition) is 7. The molecule has 0 saturated carbocycles. The zero-order chi connectivity index (χ0) is 18.7. The lowest BCUT2D eigenvalue weighted by atomic mass is 10.0. The molecule has 2 aromatic rings. The van der Waals surface area contributed by atoms with E-state index in [1.54, 1.807) is 26.2 Å². The fraction of sp³-hybridized carbons (Fsp3) is 0.368. The van der Waals surface area contributed by atoms with E-state index in [1.165, 1.54) is 11.3 Å². The van der Waals surface area contributed by atoms with Gasteiger partial charge < -0.3 is 15.2 Å². The average molecular weight is 374 g/mol. The van der Waals surface area contributed by atoms with Gasteiger partial charge in [0.25, 0.3) is 0 Å². The van der Waals surface area contributed by atoms with E-state index in [-0.39, 0.29) is 11.8 Å². The number of nitrogen functional groups attached to an aromatic ring is 1. The van der Waals surface area contributed by atoms with Gasteiger partial charge in [0.05, 0.1) is 31.4 Å². The van der Waals surface area contributed by atoms with Crippen LogP contribution >= 0.6 is 11.3 Å². The first-order chi connectivity index (χ1) is 12.5. The van der Waals surface area contributed by atoms with Crippen molar-refractivity contribution in [3.63, 3.8) is 0 Å². The summed E-state index contributed by atoms with van der Waals surface area (Å²) in [4.78, 5) is 27.9. The van der Waals surface area contributed by atoms with Crippen LogP contribution in [-0.2, 0) is 17.7 Å². The predicted molar refractivity (Wildman–Crippen MR) is 101 cm³/mol. The van der Waals surface area contributed by atoms with Crippen molar-refractivity contribution in [2.45, 2.75) is 19.9 Å². The number of para-hydroxylation sites is 1. The van der Waals surface area contributed by atoms with Gasteiger partial charge in [-0.3, -0.25) is 9.69 Å². The van der Waals surface area contributed by atoms with Crippen LogP contribution < -0.4 is 10.5 Å². The molecule has 1 aromatic carbocycles. The Balaban J connectivity index is 1.74. The van der Waals surface area contributed by atoms with E-state index in [0.717, 1.165) is 10.4 Å². The number of Topliss-reactive ketones (excluding diaryl/α,β-unsaturated/α-hetero) is 1. The van der Waals surface area contributed by atoms with Gasteiger partial charge in [-0.05, 0) is 31.0 Å². The number of benzene rings is 1. The molecule has 0 bridgehead atoms. The van der Waals surface area contributed by atoms with Gasteiger partial charge in [0.1, 0.15) is 10.8 Å². The van der Waals surface area contributed by atoms with Crippen LogP contribution in [-0.4, -0.2) is 43.5 Å². The summed E-state index contributed by atoms with van der Waals surface area (Å²) < 4.78 is 10.4. The first kappa shape index (κ1) is 18.4. The highest BCUT2D eigenvalue weighted by molar-refractivity contribution is 7.16. The molecule has 1 aromatic heterocycles. The van der Waals surface area contributed by atoms with Crippen LogP contribution in [0.2, 0.25) is 0 Å². The van der Waals surface area contributed by atoms with E-state index >= 15 is 0 Å². The summed E-state index contributed by atoms with van der Waals surface area (Å²) in [6.07, 6.45) is 0.677. The SMILES string of the molecule is CCOC(=O)c1c(N)sc2c1CCN(CC(=O)c1ccccc1OC)C2. The molecule has 1 aliphatic heterocycles. The zero-order valence-electron chi connectivity index (χ0n) is 14.9. The van der Waals surface area contributed by atoms with Crippen LogP contribution in [0.1, 0.15) is 38.1 Å². The van der Waals surface area contributed by atoms with Crippen molar-refractivity contribution in [1.82, 2.24) is 4.90 Å². The smallest absolute Gasteiger partial charge is 0.341 e. The van der Waals surface area contributed by atoms with Gasteiger partial charge in [0.15, 0.2) is 5.78 Å². The molecule has 2 heterocycles. The number of ether oxygens (including phenoxy) is 2. The minimum atomic E-state index is -0.360. The molecule has 0 spiro atoms. The topological polar surface area (TPSA) is 81.9 Å². The van der Waals surface area contributed by atoms with Gasteiger partial charge in [0.2, 0.25) is 0 Å². The number of esters is 1. The van der Waals surface area contributed by atoms with E-state index in [2.05, 4.69) is 4.90 Å². The van der Waals surface area contributed by atoms with E-state index in [1.807, 2.05) is 12.1 Å². The number of methoxy groups -OCH3 is 1. The van der Waals surface area contributed by atoms with Gasteiger partial charge in [-0.25, -0.2) is 4.79 Å². The Morgan fingerprint density at radius 3 is 2.81 bits per heavy atom. The van der Waals surface area contributed by atoms with Crippen molar-refractivity contribution in [3.05, 3.63) is 45.8 Å². The number of anilines is 1. The van der Waals surface area contributed by atoms with E-state index in [9.17, 15) is 9.59 Å². The molecule has 0 fully saturated rings. The molecular weight excluding hydrogens is 352 g/mol. The van der Waals surface area contributed by atoms with Crippen LogP contribution in [0.25, 0.3) is 0 Å². The highest BCUT2D eigenvalue weighted by Crippen LogP contribution is 2.35. The molecule has 0 saturated heterocycles. The number of thiophene rings is 1. The molecule has 6 nitrogen and oxygen atoms in total. The summed E-state index contributed by atoms with van der Waals surface area (Å²) >= 11 is 1.40. The number of rotatable bonds is 6. The Morgan fingerprint density at radius 2 is 2.08 bits per heavy atom. The van der Waals surface area contributed by atoms with Crippen LogP contribution in [0.15, 0.2) is 24.3 Å². The second kappa shape index (κ2) is 7.88. The Bertz CT molecular complexity index is 831. The summed E-state index contributed by atoms with van der Waals surface area (Å²) in [6.45, 7) is 3.69. The van der Waals surface area contributed by atoms with Gasteiger partial charge in [0, 0.05) is 18.0 Å². The van der Waals surface area contributed by atoms with Crippen molar-refractivity contribution < 1.29 is 19.1 Å². The average Bonchev–Trinajstić information content (AvgIpc) is 2.96. The lowest BCUT2D eigenvalue weighted by molar-refractivity contribution is 0.0525. The summed E-state index contributed by atoms with van der Waals surface area (Å²) in [7, 11) is 1.56. The highest BCUT2D eigenvalue weighted by atomic mass is 32.1. The Labute approximate surface area is 156 Å². The molecule has 0 amide bonds. The summed E-state index contributed by atoms with van der Waals surface area (Å²) in [5, 5.41) is 0.492. The van der Waals surface area contributed by atoms with Crippen molar-refractivity contribution in [2.24, 2.45) is 0 Å². The third-order valence-corrected chi connectivity index (χ3v) is 5.46. The number of hydrogen-bond donors (Lipinski definition) is 1. The normalized spacial score (nSPS) is 13.9. The van der Waals surface area contributed by atoms with Crippen LogP contribution in [0.5, 0.6) is 5.75 Å². The minimum Gasteiger partial charge on any atom is -0.496 e. The molecule has 7 heteroatoms. The maximum absolute atomic E-state index is 12.7. The lowest BCUT2D eigenvalue weighted by Gasteiger charge is -2.26. The number of carbonyl (C=O) groups excluding carboxylic acids is 2. The third kappa shape index (κ3) is 3.59. The number of carbonyl (C=O) groups is 2. The predicted octanol–water partition coefficient (Wildman–Crippen LogP) is 2.76. The molecule has 2 N–H and O–H groups in total. The van der Waals surface area contributed by atoms with Crippen LogP contribution in [0, 0.1) is 0 Å². The second-order valence-electron chi connectivity index (χ2n) is 6.05. The maximum Gasteiger partial charge on any atom is 0.341 e. The molecular formula is C19H22N2O4S. The van der Waals surface area contributed by atoms with Gasteiger partial charge in [-0.2, -0.15) is 0 Å². The second-order valence-corrected chi connectivity index (χ2v) is 7.18. The molecule has 138 valence electrons. The summed E-state index contributed by atoms with van der Waals surface area (Å²) in [5.74, 6) is 0.238. The van der Waals surface area contributed by atoms with Gasteiger partial charge in [-0.1, -0.05) is 12.1 Å². The highest BCUT2D eigenvalue weighted by Gasteiger charge is 2.28. The van der Waals surface area contributed by atoms with Crippen molar-refractivity contribution in [3.8, 4) is 5.75 Å². The third-order valence-electron chi connectivity index (χ3n) is 4.42.